The molecule has 1 aromatic carbocycles. The van der Waals surface area contributed by atoms with Crippen LogP contribution in [0.5, 0.6) is 0 Å². The van der Waals surface area contributed by atoms with Crippen LogP contribution in [0.2, 0.25) is 0 Å². The van der Waals surface area contributed by atoms with Gasteiger partial charge < -0.3 is 14.5 Å². The summed E-state index contributed by atoms with van der Waals surface area (Å²) in [4.78, 5) is 4.44. The number of halogens is 1. The Balaban J connectivity index is 1.80. The second-order valence-electron chi connectivity index (χ2n) is 7.91. The maximum atomic E-state index is 14.0. The third-order valence-electron chi connectivity index (χ3n) is 5.35. The number of nitrogens with one attached hydrogen (secondary N) is 1. The average Bonchev–Trinajstić information content (AvgIpc) is 2.61. The summed E-state index contributed by atoms with van der Waals surface area (Å²) in [6, 6.07) is 4.07. The van der Waals surface area contributed by atoms with Gasteiger partial charge in [-0.1, -0.05) is 0 Å². The van der Waals surface area contributed by atoms with Gasteiger partial charge in [0.25, 0.3) is 10.2 Å². The smallest absolute Gasteiger partial charge is 0.280 e. The summed E-state index contributed by atoms with van der Waals surface area (Å²) >= 11 is 0. The molecule has 2 aliphatic heterocycles. The Morgan fingerprint density at radius 3 is 2.36 bits per heavy atom. The lowest BCUT2D eigenvalue weighted by molar-refractivity contribution is -0.0444. The van der Waals surface area contributed by atoms with Gasteiger partial charge in [0.05, 0.1) is 12.2 Å². The van der Waals surface area contributed by atoms with Crippen molar-refractivity contribution in [3.05, 3.63) is 29.6 Å². The van der Waals surface area contributed by atoms with Crippen molar-refractivity contribution in [3.63, 3.8) is 0 Å². The molecule has 0 bridgehead atoms. The van der Waals surface area contributed by atoms with E-state index in [1.54, 1.807) is 13.0 Å². The SMILES string of the molecule is CC1CN(S(=O)(=O)NC(C)c2cc(F)ccc2N2CCN(C)CC2)CC(C)O1. The maximum absolute atomic E-state index is 14.0. The third-order valence-corrected chi connectivity index (χ3v) is 6.98. The first-order valence-electron chi connectivity index (χ1n) is 9.81. The van der Waals surface area contributed by atoms with Crippen molar-refractivity contribution in [2.24, 2.45) is 0 Å². The first-order valence-corrected chi connectivity index (χ1v) is 11.3. The molecule has 9 heteroatoms. The molecule has 7 nitrogen and oxygen atoms in total. The van der Waals surface area contributed by atoms with Crippen molar-refractivity contribution in [1.82, 2.24) is 13.9 Å². The normalized spacial score (nSPS) is 26.4. The monoisotopic (exact) mass is 414 g/mol. The Labute approximate surface area is 167 Å². The highest BCUT2D eigenvalue weighted by molar-refractivity contribution is 7.87. The van der Waals surface area contributed by atoms with Crippen molar-refractivity contribution in [2.45, 2.75) is 39.0 Å². The molecule has 0 aromatic heterocycles. The Bertz CT molecular complexity index is 773. The number of benzene rings is 1. The van der Waals surface area contributed by atoms with E-state index >= 15 is 0 Å². The van der Waals surface area contributed by atoms with Crippen LogP contribution in [0.3, 0.4) is 0 Å². The predicted octanol–water partition coefficient (Wildman–Crippen LogP) is 1.58. The van der Waals surface area contributed by atoms with Crippen LogP contribution in [0.4, 0.5) is 10.1 Å². The maximum Gasteiger partial charge on any atom is 0.280 e. The van der Waals surface area contributed by atoms with Crippen molar-refractivity contribution in [1.29, 1.82) is 0 Å². The fourth-order valence-electron chi connectivity index (χ4n) is 3.90. The zero-order valence-electron chi connectivity index (χ0n) is 17.1. The van der Waals surface area contributed by atoms with E-state index < -0.39 is 16.3 Å². The summed E-state index contributed by atoms with van der Waals surface area (Å²) in [5.41, 5.74) is 1.54. The quantitative estimate of drug-likeness (QED) is 0.793. The molecule has 3 unspecified atom stereocenters. The molecule has 0 spiro atoms. The van der Waals surface area contributed by atoms with Gasteiger partial charge in [-0.15, -0.1) is 0 Å². The van der Waals surface area contributed by atoms with Crippen LogP contribution in [-0.2, 0) is 14.9 Å². The van der Waals surface area contributed by atoms with Crippen LogP contribution in [0, 0.1) is 5.82 Å². The summed E-state index contributed by atoms with van der Waals surface area (Å²) in [6.45, 7) is 9.58. The molecule has 0 radical (unpaired) electrons. The lowest BCUT2D eigenvalue weighted by atomic mass is 10.0. The van der Waals surface area contributed by atoms with Crippen molar-refractivity contribution < 1.29 is 17.5 Å². The van der Waals surface area contributed by atoms with E-state index in [4.69, 9.17) is 4.74 Å². The summed E-state index contributed by atoms with van der Waals surface area (Å²) in [5, 5.41) is 0. The van der Waals surface area contributed by atoms with Crippen molar-refractivity contribution in [2.75, 3.05) is 51.2 Å². The molecule has 2 heterocycles. The lowest BCUT2D eigenvalue weighted by Gasteiger charge is -2.37. The topological polar surface area (TPSA) is 65.1 Å². The van der Waals surface area contributed by atoms with E-state index in [0.29, 0.717) is 18.7 Å². The molecular formula is C19H31FN4O3S. The molecule has 2 aliphatic rings. The molecule has 0 amide bonds. The second-order valence-corrected chi connectivity index (χ2v) is 9.61. The van der Waals surface area contributed by atoms with Crippen LogP contribution in [0.25, 0.3) is 0 Å². The number of hydrogen-bond donors (Lipinski definition) is 1. The molecule has 0 aliphatic carbocycles. The number of morpholine rings is 1. The van der Waals surface area contributed by atoms with Crippen molar-refractivity contribution >= 4 is 15.9 Å². The van der Waals surface area contributed by atoms with Crippen LogP contribution in [0.1, 0.15) is 32.4 Å². The minimum atomic E-state index is -3.71. The summed E-state index contributed by atoms with van der Waals surface area (Å²) in [5.74, 6) is -0.368. The minimum absolute atomic E-state index is 0.161. The minimum Gasteiger partial charge on any atom is -0.373 e. The second kappa shape index (κ2) is 8.62. The van der Waals surface area contributed by atoms with Crippen LogP contribution >= 0.6 is 0 Å². The van der Waals surface area contributed by atoms with Crippen molar-refractivity contribution in [3.8, 4) is 0 Å². The first kappa shape index (κ1) is 21.4. The Morgan fingerprint density at radius 2 is 1.75 bits per heavy atom. The van der Waals surface area contributed by atoms with E-state index in [2.05, 4.69) is 21.6 Å². The first-order chi connectivity index (χ1) is 13.2. The highest BCUT2D eigenvalue weighted by Crippen LogP contribution is 2.29. The molecule has 3 rings (SSSR count). The van der Waals surface area contributed by atoms with E-state index in [0.717, 1.165) is 31.9 Å². The third kappa shape index (κ3) is 5.01. The number of piperazine rings is 1. The largest absolute Gasteiger partial charge is 0.373 e. The molecule has 1 N–H and O–H groups in total. The average molecular weight is 415 g/mol. The fraction of sp³-hybridized carbons (Fsp3) is 0.684. The molecule has 158 valence electrons. The van der Waals surface area contributed by atoms with Crippen LogP contribution in [-0.4, -0.2) is 76.1 Å². The van der Waals surface area contributed by atoms with Gasteiger partial charge in [-0.05, 0) is 51.6 Å². The molecule has 0 saturated carbocycles. The number of rotatable bonds is 5. The number of anilines is 1. The molecule has 1 aromatic rings. The van der Waals surface area contributed by atoms with Crippen LogP contribution < -0.4 is 9.62 Å². The lowest BCUT2D eigenvalue weighted by Crippen LogP contribution is -2.52. The zero-order chi connectivity index (χ0) is 20.5. The highest BCUT2D eigenvalue weighted by Gasteiger charge is 2.32. The number of ether oxygens (including phenoxy) is 1. The van der Waals surface area contributed by atoms with Gasteiger partial charge >= 0.3 is 0 Å². The number of hydrogen-bond acceptors (Lipinski definition) is 5. The van der Waals surface area contributed by atoms with Gasteiger partial charge in [0.15, 0.2) is 0 Å². The van der Waals surface area contributed by atoms with Gasteiger partial charge in [-0.2, -0.15) is 17.4 Å². The zero-order valence-corrected chi connectivity index (χ0v) is 17.9. The molecule has 2 fully saturated rings. The summed E-state index contributed by atoms with van der Waals surface area (Å²) in [7, 11) is -1.64. The number of nitrogens with zero attached hydrogens (tertiary/aromatic N) is 3. The van der Waals surface area contributed by atoms with Gasteiger partial charge in [-0.25, -0.2) is 4.39 Å². The van der Waals surface area contributed by atoms with Gasteiger partial charge in [0, 0.05) is 51.0 Å². The van der Waals surface area contributed by atoms with E-state index in [-0.39, 0.29) is 18.0 Å². The predicted molar refractivity (Wildman–Crippen MR) is 108 cm³/mol. The summed E-state index contributed by atoms with van der Waals surface area (Å²) in [6.07, 6.45) is -0.323. The van der Waals surface area contributed by atoms with Crippen LogP contribution in [0.15, 0.2) is 18.2 Å². The van der Waals surface area contributed by atoms with E-state index in [1.165, 1.54) is 16.4 Å². The number of likely N-dealkylation sites (N-methyl/N-ethyl adjacent to an activating group) is 1. The Kier molecular flexibility index (Phi) is 6.61. The molecule has 3 atom stereocenters. The van der Waals surface area contributed by atoms with E-state index in [1.807, 2.05) is 13.8 Å². The standard InChI is InChI=1S/C19H31FN4O3S/c1-14-12-24(13-15(2)27-14)28(25,26)21-16(3)18-11-17(20)5-6-19(18)23-9-7-22(4)8-10-23/h5-6,11,14-16,21H,7-10,12-13H2,1-4H3. The fourth-order valence-corrected chi connectivity index (χ4v) is 5.43. The van der Waals surface area contributed by atoms with E-state index in [9.17, 15) is 12.8 Å². The Hall–Kier alpha value is -1.26. The van der Waals surface area contributed by atoms with Gasteiger partial charge in [0.2, 0.25) is 0 Å². The Morgan fingerprint density at radius 1 is 1.14 bits per heavy atom. The molecule has 28 heavy (non-hydrogen) atoms. The highest BCUT2D eigenvalue weighted by atomic mass is 32.2. The van der Waals surface area contributed by atoms with Gasteiger partial charge in [0.1, 0.15) is 5.82 Å². The molecular weight excluding hydrogens is 383 g/mol. The molecule has 2 saturated heterocycles. The summed E-state index contributed by atoms with van der Waals surface area (Å²) < 4.78 is 49.6. The van der Waals surface area contributed by atoms with Gasteiger partial charge in [-0.3, -0.25) is 0 Å².